The Morgan fingerprint density at radius 2 is 2.04 bits per heavy atom. The zero-order valence-corrected chi connectivity index (χ0v) is 15.3. The molecule has 3 N–H and O–H groups in total. The summed E-state index contributed by atoms with van der Waals surface area (Å²) in [5.41, 5.74) is 0.827. The number of aliphatic hydroxyl groups is 2. The van der Waals surface area contributed by atoms with E-state index in [-0.39, 0.29) is 17.7 Å². The number of methoxy groups -OCH3 is 1. The number of benzene rings is 1. The maximum Gasteiger partial charge on any atom is 0.342 e. The van der Waals surface area contributed by atoms with Crippen molar-refractivity contribution in [3.05, 3.63) is 47.6 Å². The van der Waals surface area contributed by atoms with E-state index in [0.29, 0.717) is 23.3 Å². The van der Waals surface area contributed by atoms with Crippen LogP contribution >= 0.6 is 0 Å². The van der Waals surface area contributed by atoms with Gasteiger partial charge in [0.25, 0.3) is 0 Å². The van der Waals surface area contributed by atoms with Crippen molar-refractivity contribution < 1.29 is 34.3 Å². The zero-order chi connectivity index (χ0) is 19.7. The highest BCUT2D eigenvalue weighted by atomic mass is 16.6. The summed E-state index contributed by atoms with van der Waals surface area (Å²) in [4.78, 5) is 12.6. The SMILES string of the molecule is C=C1/C=C\C[C@H](C)OC(=O)c2c(O)cc(OC)cc2[C@H]2O[C@@H]2C[C@H](O)[C@@H]1O. The van der Waals surface area contributed by atoms with Crippen LogP contribution in [0.3, 0.4) is 0 Å². The topological polar surface area (TPSA) is 109 Å². The predicted molar refractivity (Wildman–Crippen MR) is 96.7 cm³/mol. The fourth-order valence-electron chi connectivity index (χ4n) is 3.20. The molecule has 1 aromatic carbocycles. The summed E-state index contributed by atoms with van der Waals surface area (Å²) < 4.78 is 16.2. The second-order valence-electron chi connectivity index (χ2n) is 6.88. The molecule has 27 heavy (non-hydrogen) atoms. The Morgan fingerprint density at radius 1 is 1.30 bits per heavy atom. The summed E-state index contributed by atoms with van der Waals surface area (Å²) in [6.07, 6.45) is 0.291. The van der Waals surface area contributed by atoms with E-state index in [1.54, 1.807) is 25.1 Å². The first kappa shape index (κ1) is 19.4. The normalized spacial score (nSPS) is 32.5. The third-order valence-corrected chi connectivity index (χ3v) is 4.78. The van der Waals surface area contributed by atoms with Gasteiger partial charge in [-0.15, -0.1) is 0 Å². The van der Waals surface area contributed by atoms with Gasteiger partial charge in [-0.05, 0) is 18.6 Å². The Bertz CT molecular complexity index is 770. The van der Waals surface area contributed by atoms with Crippen LogP contribution in [-0.2, 0) is 9.47 Å². The van der Waals surface area contributed by atoms with Crippen molar-refractivity contribution in [1.29, 1.82) is 0 Å². The van der Waals surface area contributed by atoms with Crippen LogP contribution in [0, 0.1) is 0 Å². The molecule has 0 bridgehead atoms. The lowest BCUT2D eigenvalue weighted by atomic mass is 9.96. The van der Waals surface area contributed by atoms with Crippen molar-refractivity contribution in [2.24, 2.45) is 0 Å². The number of rotatable bonds is 1. The molecule has 7 nitrogen and oxygen atoms in total. The molecule has 1 aromatic rings. The number of phenols is 1. The van der Waals surface area contributed by atoms with E-state index in [4.69, 9.17) is 14.2 Å². The number of carbonyl (C=O) groups is 1. The molecule has 0 spiro atoms. The zero-order valence-electron chi connectivity index (χ0n) is 15.3. The van der Waals surface area contributed by atoms with E-state index in [9.17, 15) is 20.1 Å². The van der Waals surface area contributed by atoms with Crippen molar-refractivity contribution in [3.63, 3.8) is 0 Å². The van der Waals surface area contributed by atoms with Crippen LogP contribution in [0.15, 0.2) is 36.4 Å². The maximum absolute atomic E-state index is 12.6. The van der Waals surface area contributed by atoms with Gasteiger partial charge < -0.3 is 29.5 Å². The Hall–Kier alpha value is -2.35. The van der Waals surface area contributed by atoms with E-state index in [1.807, 2.05) is 0 Å². The molecule has 0 radical (unpaired) electrons. The average molecular weight is 376 g/mol. The molecule has 146 valence electrons. The van der Waals surface area contributed by atoms with Gasteiger partial charge in [0.2, 0.25) is 0 Å². The average Bonchev–Trinajstić information content (AvgIpc) is 3.38. The molecule has 0 aromatic heterocycles. The summed E-state index contributed by atoms with van der Waals surface area (Å²) in [6.45, 7) is 5.49. The third-order valence-electron chi connectivity index (χ3n) is 4.78. The molecular formula is C20H24O7. The van der Waals surface area contributed by atoms with Gasteiger partial charge in [-0.2, -0.15) is 0 Å². The van der Waals surface area contributed by atoms with Crippen LogP contribution in [0.25, 0.3) is 0 Å². The number of phenolic OH excluding ortho intramolecular Hbond substituents is 1. The van der Waals surface area contributed by atoms with E-state index >= 15 is 0 Å². The molecule has 0 aliphatic carbocycles. The number of esters is 1. The Kier molecular flexibility index (Phi) is 5.55. The number of cyclic esters (lactones) is 1. The second-order valence-corrected chi connectivity index (χ2v) is 6.88. The van der Waals surface area contributed by atoms with Crippen LogP contribution in [-0.4, -0.2) is 52.8 Å². The first-order chi connectivity index (χ1) is 12.8. The van der Waals surface area contributed by atoms with E-state index in [1.165, 1.54) is 13.2 Å². The largest absolute Gasteiger partial charge is 0.507 e. The smallest absolute Gasteiger partial charge is 0.342 e. The van der Waals surface area contributed by atoms with Gasteiger partial charge in [-0.25, -0.2) is 4.79 Å². The van der Waals surface area contributed by atoms with Crippen molar-refractivity contribution in [2.45, 2.75) is 50.3 Å². The number of hydrogen-bond acceptors (Lipinski definition) is 7. The van der Waals surface area contributed by atoms with Gasteiger partial charge in [0.1, 0.15) is 35.4 Å². The van der Waals surface area contributed by atoms with Crippen molar-refractivity contribution >= 4 is 5.97 Å². The first-order valence-electron chi connectivity index (χ1n) is 8.80. The highest BCUT2D eigenvalue weighted by molar-refractivity contribution is 5.95. The molecular weight excluding hydrogens is 352 g/mol. The minimum absolute atomic E-state index is 0.0237. The van der Waals surface area contributed by atoms with Crippen LogP contribution in [0.5, 0.6) is 11.5 Å². The van der Waals surface area contributed by atoms with Gasteiger partial charge >= 0.3 is 5.97 Å². The van der Waals surface area contributed by atoms with Crippen molar-refractivity contribution in [2.75, 3.05) is 7.11 Å². The Morgan fingerprint density at radius 3 is 2.74 bits per heavy atom. The minimum Gasteiger partial charge on any atom is -0.507 e. The highest BCUT2D eigenvalue weighted by Crippen LogP contribution is 2.46. The van der Waals surface area contributed by atoms with E-state index in [0.717, 1.165) is 0 Å². The number of aromatic hydroxyl groups is 1. The fourth-order valence-corrected chi connectivity index (χ4v) is 3.20. The summed E-state index contributed by atoms with van der Waals surface area (Å²) in [5.74, 6) is -0.538. The predicted octanol–water partition coefficient (Wildman–Crippen LogP) is 2.01. The van der Waals surface area contributed by atoms with Gasteiger partial charge in [0.15, 0.2) is 0 Å². The van der Waals surface area contributed by atoms with Gasteiger partial charge in [0.05, 0.1) is 19.3 Å². The van der Waals surface area contributed by atoms with Crippen LogP contribution in [0.1, 0.15) is 41.8 Å². The molecule has 0 saturated carbocycles. The number of fused-ring (bicyclic) bond motifs is 3. The Balaban J connectivity index is 1.98. The van der Waals surface area contributed by atoms with Crippen molar-refractivity contribution in [1.82, 2.24) is 0 Å². The fraction of sp³-hybridized carbons (Fsp3) is 0.450. The number of aliphatic hydroxyl groups excluding tert-OH is 2. The number of ether oxygens (including phenoxy) is 3. The molecule has 0 unspecified atom stereocenters. The molecule has 1 saturated heterocycles. The Labute approximate surface area is 157 Å². The lowest BCUT2D eigenvalue weighted by Gasteiger charge is -2.19. The summed E-state index contributed by atoms with van der Waals surface area (Å²) in [6, 6.07) is 2.95. The highest BCUT2D eigenvalue weighted by Gasteiger charge is 2.45. The molecule has 0 amide bonds. The summed E-state index contributed by atoms with van der Waals surface area (Å²) in [7, 11) is 1.45. The molecule has 2 aliphatic rings. The number of hydrogen-bond donors (Lipinski definition) is 3. The standard InChI is InChI=1S/C20H24O7/c1-10-5-4-6-11(2)26-20(24)17-13(7-12(25-3)8-14(17)21)19-16(27-19)9-15(22)18(10)23/h4-5,7-8,11,15-16,18-19,21-23H,1,6,9H2,2-3H3/b5-4-/t11-,15-,16+,18+,19+/m0/s1. The molecule has 2 heterocycles. The lowest BCUT2D eigenvalue weighted by molar-refractivity contribution is 0.0332. The van der Waals surface area contributed by atoms with E-state index in [2.05, 4.69) is 6.58 Å². The number of carbonyl (C=O) groups excluding carboxylic acids is 1. The van der Waals surface area contributed by atoms with Gasteiger partial charge in [0, 0.05) is 24.5 Å². The number of epoxide rings is 1. The molecule has 3 rings (SSSR count). The quantitative estimate of drug-likeness (QED) is 0.508. The third kappa shape index (κ3) is 4.16. The van der Waals surface area contributed by atoms with Crippen LogP contribution in [0.2, 0.25) is 0 Å². The second kappa shape index (κ2) is 7.72. The minimum atomic E-state index is -1.12. The lowest BCUT2D eigenvalue weighted by Crippen LogP contribution is -2.28. The maximum atomic E-state index is 12.6. The first-order valence-corrected chi connectivity index (χ1v) is 8.80. The molecule has 7 heteroatoms. The monoisotopic (exact) mass is 376 g/mol. The van der Waals surface area contributed by atoms with E-state index < -0.39 is 36.5 Å². The summed E-state index contributed by atoms with van der Waals surface area (Å²) >= 11 is 0. The molecule has 5 atom stereocenters. The molecule has 1 fully saturated rings. The van der Waals surface area contributed by atoms with Crippen LogP contribution < -0.4 is 4.74 Å². The van der Waals surface area contributed by atoms with Gasteiger partial charge in [-0.1, -0.05) is 18.7 Å². The van der Waals surface area contributed by atoms with Gasteiger partial charge in [-0.3, -0.25) is 0 Å². The summed E-state index contributed by atoms with van der Waals surface area (Å²) in [5, 5.41) is 30.8. The van der Waals surface area contributed by atoms with Crippen LogP contribution in [0.4, 0.5) is 0 Å². The van der Waals surface area contributed by atoms with Crippen molar-refractivity contribution in [3.8, 4) is 11.5 Å². The molecule has 2 aliphatic heterocycles.